The number of hydrogen-bond acceptors (Lipinski definition) is 6. The zero-order valence-corrected chi connectivity index (χ0v) is 16.8. The van der Waals surface area contributed by atoms with Gasteiger partial charge in [0.05, 0.1) is 12.7 Å². The van der Waals surface area contributed by atoms with Crippen LogP contribution in [0.4, 0.5) is 0 Å². The Morgan fingerprint density at radius 1 is 1.07 bits per heavy atom. The van der Waals surface area contributed by atoms with Gasteiger partial charge in [-0.3, -0.25) is 0 Å². The molecule has 2 aromatic heterocycles. The van der Waals surface area contributed by atoms with Crippen LogP contribution in [-0.2, 0) is 19.3 Å². The molecule has 0 amide bonds. The number of benzene rings is 1. The Kier molecular flexibility index (Phi) is 6.54. The van der Waals surface area contributed by atoms with Crippen LogP contribution >= 0.6 is 0 Å². The Hall–Kier alpha value is -2.15. The molecule has 3 rings (SSSR count). The van der Waals surface area contributed by atoms with E-state index in [1.807, 2.05) is 13.8 Å². The lowest BCUT2D eigenvalue weighted by molar-refractivity contribution is 0.0884. The largest absolute Gasteiger partial charge is 0.460 e. The summed E-state index contributed by atoms with van der Waals surface area (Å²) in [4.78, 5) is 11.9. The van der Waals surface area contributed by atoms with E-state index in [1.165, 1.54) is 5.56 Å². The molecule has 0 saturated heterocycles. The minimum atomic E-state index is -0.676. The number of aryl methyl sites for hydroxylation is 3. The number of hydrogen-bond donors (Lipinski definition) is 3. The Morgan fingerprint density at radius 2 is 1.82 bits per heavy atom. The quantitative estimate of drug-likeness (QED) is 0.386. The van der Waals surface area contributed by atoms with Crippen molar-refractivity contribution < 1.29 is 19.0 Å². The van der Waals surface area contributed by atoms with Gasteiger partial charge in [0.1, 0.15) is 16.9 Å². The molecule has 1 unspecified atom stereocenters. The Morgan fingerprint density at radius 3 is 2.50 bits per heavy atom. The summed E-state index contributed by atoms with van der Waals surface area (Å²) in [6.45, 7) is 7.23. The first kappa shape index (κ1) is 20.6. The molecule has 3 aromatic rings. The molecule has 0 radical (unpaired) electrons. The lowest BCUT2D eigenvalue weighted by atomic mass is 9.99. The van der Waals surface area contributed by atoms with E-state index < -0.39 is 6.10 Å². The second kappa shape index (κ2) is 8.90. The molecule has 0 aliphatic carbocycles. The second-order valence-electron chi connectivity index (χ2n) is 7.18. The molecule has 1 atom stereocenters. The number of furan rings is 1. The monoisotopic (exact) mass is 387 g/mol. The first-order chi connectivity index (χ1) is 13.5. The third-order valence-corrected chi connectivity index (χ3v) is 5.31. The first-order valence-corrected chi connectivity index (χ1v) is 10.00. The topological polar surface area (TPSA) is 95.8 Å². The third kappa shape index (κ3) is 3.99. The standard InChI is InChI=1S/C22H29NO5/c1-4-14-10-20(26)28-21-13(3)22-18(11-17(14)21)16(19(5-2)27-22)7-9-23-8-6-15(25)12-24/h10-11,15,23-25H,4-9,12H2,1-3H3. The van der Waals surface area contributed by atoms with Gasteiger partial charge in [-0.1, -0.05) is 13.8 Å². The van der Waals surface area contributed by atoms with Crippen LogP contribution in [0.25, 0.3) is 21.9 Å². The lowest BCUT2D eigenvalue weighted by Gasteiger charge is -2.09. The predicted octanol–water partition coefficient (Wildman–Crippen LogP) is 2.85. The minimum Gasteiger partial charge on any atom is -0.460 e. The van der Waals surface area contributed by atoms with Crippen molar-refractivity contribution in [2.24, 2.45) is 0 Å². The fourth-order valence-corrected chi connectivity index (χ4v) is 3.74. The molecule has 0 bridgehead atoms. The molecular weight excluding hydrogens is 358 g/mol. The highest BCUT2D eigenvalue weighted by molar-refractivity contribution is 6.00. The molecule has 0 aliphatic rings. The van der Waals surface area contributed by atoms with Crippen molar-refractivity contribution in [1.82, 2.24) is 5.32 Å². The molecule has 6 heteroatoms. The van der Waals surface area contributed by atoms with Crippen LogP contribution in [0.3, 0.4) is 0 Å². The summed E-state index contributed by atoms with van der Waals surface area (Å²) >= 11 is 0. The number of fused-ring (bicyclic) bond motifs is 2. The summed E-state index contributed by atoms with van der Waals surface area (Å²) in [5.74, 6) is 0.950. The zero-order valence-electron chi connectivity index (χ0n) is 16.8. The zero-order chi connectivity index (χ0) is 20.3. The second-order valence-corrected chi connectivity index (χ2v) is 7.18. The van der Waals surface area contributed by atoms with E-state index in [1.54, 1.807) is 6.07 Å². The molecule has 0 spiro atoms. The predicted molar refractivity (Wildman–Crippen MR) is 110 cm³/mol. The van der Waals surface area contributed by atoms with Crippen molar-refractivity contribution in [3.05, 3.63) is 45.0 Å². The minimum absolute atomic E-state index is 0.212. The highest BCUT2D eigenvalue weighted by Crippen LogP contribution is 2.35. The molecule has 6 nitrogen and oxygen atoms in total. The average molecular weight is 387 g/mol. The summed E-state index contributed by atoms with van der Waals surface area (Å²) in [5, 5.41) is 23.7. The van der Waals surface area contributed by atoms with Gasteiger partial charge in [-0.05, 0) is 50.9 Å². The smallest absolute Gasteiger partial charge is 0.336 e. The summed E-state index contributed by atoms with van der Waals surface area (Å²) in [6.07, 6.45) is 2.19. The Labute approximate surface area is 164 Å². The van der Waals surface area contributed by atoms with E-state index in [2.05, 4.69) is 18.3 Å². The molecule has 1 aromatic carbocycles. The summed E-state index contributed by atoms with van der Waals surface area (Å²) in [5.41, 5.74) is 4.08. The number of aliphatic hydroxyl groups excluding tert-OH is 2. The molecule has 0 fully saturated rings. The van der Waals surface area contributed by atoms with Crippen LogP contribution in [0, 0.1) is 6.92 Å². The molecule has 0 saturated carbocycles. The van der Waals surface area contributed by atoms with Crippen molar-refractivity contribution in [2.45, 2.75) is 52.6 Å². The molecule has 2 heterocycles. The molecule has 0 aliphatic heterocycles. The van der Waals surface area contributed by atoms with Crippen LogP contribution in [0.15, 0.2) is 25.8 Å². The maximum atomic E-state index is 11.9. The highest BCUT2D eigenvalue weighted by atomic mass is 16.4. The summed E-state index contributed by atoms with van der Waals surface area (Å²) < 4.78 is 11.7. The van der Waals surface area contributed by atoms with E-state index in [0.717, 1.165) is 59.0 Å². The van der Waals surface area contributed by atoms with Gasteiger partial charge in [-0.15, -0.1) is 0 Å². The van der Waals surface area contributed by atoms with Gasteiger partial charge in [0.15, 0.2) is 0 Å². The van der Waals surface area contributed by atoms with Crippen LogP contribution in [-0.4, -0.2) is 36.0 Å². The van der Waals surface area contributed by atoms with Crippen LogP contribution < -0.4 is 10.9 Å². The lowest BCUT2D eigenvalue weighted by Crippen LogP contribution is -2.24. The number of nitrogens with one attached hydrogen (secondary N) is 1. The van der Waals surface area contributed by atoms with E-state index in [0.29, 0.717) is 18.5 Å². The fraction of sp³-hybridized carbons (Fsp3) is 0.500. The maximum absolute atomic E-state index is 11.9. The van der Waals surface area contributed by atoms with Gasteiger partial charge < -0.3 is 24.4 Å². The normalized spacial score (nSPS) is 12.9. The van der Waals surface area contributed by atoms with Gasteiger partial charge in [0, 0.05) is 34.4 Å². The van der Waals surface area contributed by atoms with Crippen LogP contribution in [0.1, 0.15) is 42.7 Å². The average Bonchev–Trinajstić information content (AvgIpc) is 3.05. The van der Waals surface area contributed by atoms with Gasteiger partial charge in [-0.2, -0.15) is 0 Å². The van der Waals surface area contributed by atoms with E-state index >= 15 is 0 Å². The number of aliphatic hydroxyl groups is 2. The first-order valence-electron chi connectivity index (χ1n) is 10.00. The summed E-state index contributed by atoms with van der Waals surface area (Å²) in [6, 6.07) is 3.66. The van der Waals surface area contributed by atoms with Gasteiger partial charge in [0.2, 0.25) is 0 Å². The SMILES string of the molecule is CCc1oc2c(C)c3oc(=O)cc(CC)c3cc2c1CCNCCC(O)CO. The Balaban J connectivity index is 1.97. The van der Waals surface area contributed by atoms with Crippen molar-refractivity contribution in [3.8, 4) is 0 Å². The van der Waals surface area contributed by atoms with Crippen molar-refractivity contribution in [2.75, 3.05) is 19.7 Å². The molecule has 152 valence electrons. The fourth-order valence-electron chi connectivity index (χ4n) is 3.74. The van der Waals surface area contributed by atoms with Gasteiger partial charge >= 0.3 is 5.63 Å². The maximum Gasteiger partial charge on any atom is 0.336 e. The number of rotatable bonds is 9. The van der Waals surface area contributed by atoms with Crippen molar-refractivity contribution in [1.29, 1.82) is 0 Å². The Bertz CT molecular complexity index is 1020. The molecule has 3 N–H and O–H groups in total. The third-order valence-electron chi connectivity index (χ3n) is 5.31. The van der Waals surface area contributed by atoms with Crippen LogP contribution in [0.2, 0.25) is 0 Å². The highest BCUT2D eigenvalue weighted by Gasteiger charge is 2.19. The van der Waals surface area contributed by atoms with Gasteiger partial charge in [-0.25, -0.2) is 4.79 Å². The van der Waals surface area contributed by atoms with Crippen molar-refractivity contribution >= 4 is 21.9 Å². The molecular formula is C22H29NO5. The van der Waals surface area contributed by atoms with Gasteiger partial charge in [0.25, 0.3) is 0 Å². The molecule has 28 heavy (non-hydrogen) atoms. The van der Waals surface area contributed by atoms with Crippen molar-refractivity contribution in [3.63, 3.8) is 0 Å². The van der Waals surface area contributed by atoms with Crippen LogP contribution in [0.5, 0.6) is 0 Å². The van der Waals surface area contributed by atoms with E-state index in [9.17, 15) is 9.90 Å². The van der Waals surface area contributed by atoms with E-state index in [-0.39, 0.29) is 12.2 Å². The van der Waals surface area contributed by atoms with E-state index in [4.69, 9.17) is 13.9 Å². The summed E-state index contributed by atoms with van der Waals surface area (Å²) in [7, 11) is 0.